The molecule has 0 fully saturated rings. The fourth-order valence-corrected chi connectivity index (χ4v) is 2.13. The summed E-state index contributed by atoms with van der Waals surface area (Å²) in [6.45, 7) is 2.06. The summed E-state index contributed by atoms with van der Waals surface area (Å²) >= 11 is 0. The molecule has 3 aromatic rings. The molecule has 5 heteroatoms. The van der Waals surface area contributed by atoms with Gasteiger partial charge in [0.25, 0.3) is 0 Å². The predicted octanol–water partition coefficient (Wildman–Crippen LogP) is 2.02. The Bertz CT molecular complexity index is 674. The normalized spacial score (nSPS) is 12.7. The number of nitrogens with two attached hydrogens (primary N) is 1. The van der Waals surface area contributed by atoms with Gasteiger partial charge in [0.15, 0.2) is 0 Å². The lowest BCUT2D eigenvalue weighted by Gasteiger charge is -2.15. The summed E-state index contributed by atoms with van der Waals surface area (Å²) < 4.78 is 1.97. The van der Waals surface area contributed by atoms with Gasteiger partial charge in [-0.05, 0) is 25.1 Å². The van der Waals surface area contributed by atoms with Crippen molar-refractivity contribution in [1.29, 1.82) is 0 Å². The van der Waals surface area contributed by atoms with Gasteiger partial charge in [-0.15, -0.1) is 0 Å². The summed E-state index contributed by atoms with van der Waals surface area (Å²) in [5, 5.41) is 0. The van der Waals surface area contributed by atoms with Crippen LogP contribution >= 0.6 is 0 Å². The Hall–Kier alpha value is -2.43. The molecule has 0 aliphatic rings. The van der Waals surface area contributed by atoms with Crippen molar-refractivity contribution >= 4 is 17.0 Å². The second-order valence-corrected chi connectivity index (χ2v) is 4.13. The molecule has 1 unspecified atom stereocenters. The van der Waals surface area contributed by atoms with E-state index in [4.69, 9.17) is 5.73 Å². The maximum absolute atomic E-state index is 5.99. The lowest BCUT2D eigenvalue weighted by Crippen LogP contribution is -2.11. The molecule has 3 heterocycles. The Morgan fingerprint density at radius 3 is 2.89 bits per heavy atom. The summed E-state index contributed by atoms with van der Waals surface area (Å²) in [6.07, 6.45) is 5.24. The first kappa shape index (κ1) is 10.7. The Balaban J connectivity index is 2.17. The average molecular weight is 239 g/mol. The van der Waals surface area contributed by atoms with E-state index in [9.17, 15) is 0 Å². The molecule has 0 saturated carbocycles. The molecular weight excluding hydrogens is 226 g/mol. The summed E-state index contributed by atoms with van der Waals surface area (Å²) in [4.78, 5) is 12.7. The third-order valence-electron chi connectivity index (χ3n) is 3.02. The van der Waals surface area contributed by atoms with E-state index in [1.165, 1.54) is 0 Å². The van der Waals surface area contributed by atoms with Crippen LogP contribution in [-0.2, 0) is 0 Å². The van der Waals surface area contributed by atoms with Crippen molar-refractivity contribution in [2.45, 2.75) is 13.0 Å². The van der Waals surface area contributed by atoms with E-state index in [1.807, 2.05) is 28.8 Å². The zero-order valence-corrected chi connectivity index (χ0v) is 9.99. The molecular formula is C13H13N5. The highest BCUT2D eigenvalue weighted by Gasteiger charge is 2.15. The molecule has 3 aromatic heterocycles. The van der Waals surface area contributed by atoms with Gasteiger partial charge in [-0.25, -0.2) is 4.98 Å². The zero-order chi connectivity index (χ0) is 12.5. The van der Waals surface area contributed by atoms with E-state index in [2.05, 4.69) is 21.9 Å². The van der Waals surface area contributed by atoms with Crippen LogP contribution < -0.4 is 5.73 Å². The first-order chi connectivity index (χ1) is 8.77. The Morgan fingerprint density at radius 1 is 1.22 bits per heavy atom. The van der Waals surface area contributed by atoms with E-state index in [1.54, 1.807) is 18.6 Å². The maximum Gasteiger partial charge on any atom is 0.201 e. The highest BCUT2D eigenvalue weighted by Crippen LogP contribution is 2.25. The molecule has 0 saturated heterocycles. The predicted molar refractivity (Wildman–Crippen MR) is 70.0 cm³/mol. The van der Waals surface area contributed by atoms with E-state index >= 15 is 0 Å². The van der Waals surface area contributed by atoms with Gasteiger partial charge >= 0.3 is 0 Å². The Labute approximate surface area is 104 Å². The number of fused-ring (bicyclic) bond motifs is 1. The number of anilines is 1. The van der Waals surface area contributed by atoms with Crippen LogP contribution in [-0.4, -0.2) is 19.5 Å². The second kappa shape index (κ2) is 4.10. The van der Waals surface area contributed by atoms with Crippen molar-refractivity contribution < 1.29 is 0 Å². The van der Waals surface area contributed by atoms with Crippen LogP contribution in [0, 0.1) is 0 Å². The molecule has 0 spiro atoms. The summed E-state index contributed by atoms with van der Waals surface area (Å²) in [7, 11) is 0. The van der Waals surface area contributed by atoms with Crippen LogP contribution in [0.25, 0.3) is 11.0 Å². The molecule has 90 valence electrons. The fourth-order valence-electron chi connectivity index (χ4n) is 2.13. The molecule has 0 aliphatic heterocycles. The Morgan fingerprint density at radius 2 is 2.11 bits per heavy atom. The number of imidazole rings is 1. The van der Waals surface area contributed by atoms with Crippen molar-refractivity contribution in [3.63, 3.8) is 0 Å². The number of nitrogens with zero attached hydrogens (tertiary/aromatic N) is 4. The number of rotatable bonds is 2. The molecule has 5 nitrogen and oxygen atoms in total. The van der Waals surface area contributed by atoms with Crippen LogP contribution in [0.2, 0.25) is 0 Å². The molecule has 0 bridgehead atoms. The topological polar surface area (TPSA) is 69.6 Å². The number of nitrogen functional groups attached to an aromatic ring is 1. The summed E-state index contributed by atoms with van der Waals surface area (Å²) in [5.41, 5.74) is 8.72. The van der Waals surface area contributed by atoms with Gasteiger partial charge in [-0.3, -0.25) is 9.97 Å². The highest BCUT2D eigenvalue weighted by molar-refractivity contribution is 5.77. The lowest BCUT2D eigenvalue weighted by atomic mass is 10.2. The summed E-state index contributed by atoms with van der Waals surface area (Å²) in [5.74, 6) is 0.483. The fraction of sp³-hybridized carbons (Fsp3) is 0.154. The SMILES string of the molecule is CC(c1ccccn1)n1c(N)nc2cnccc21. The van der Waals surface area contributed by atoms with Crippen LogP contribution in [0.1, 0.15) is 18.7 Å². The van der Waals surface area contributed by atoms with Gasteiger partial charge in [0, 0.05) is 12.4 Å². The minimum atomic E-state index is 0.0404. The van der Waals surface area contributed by atoms with Crippen LogP contribution in [0.3, 0.4) is 0 Å². The van der Waals surface area contributed by atoms with Crippen molar-refractivity contribution in [2.75, 3.05) is 5.73 Å². The monoisotopic (exact) mass is 239 g/mol. The van der Waals surface area contributed by atoms with Crippen molar-refractivity contribution in [3.8, 4) is 0 Å². The van der Waals surface area contributed by atoms with Crippen LogP contribution in [0.4, 0.5) is 5.95 Å². The largest absolute Gasteiger partial charge is 0.369 e. The third-order valence-corrected chi connectivity index (χ3v) is 3.02. The average Bonchev–Trinajstić information content (AvgIpc) is 2.75. The van der Waals surface area contributed by atoms with E-state index in [0.29, 0.717) is 5.95 Å². The minimum Gasteiger partial charge on any atom is -0.369 e. The first-order valence-electron chi connectivity index (χ1n) is 5.75. The number of hydrogen-bond acceptors (Lipinski definition) is 4. The Kier molecular flexibility index (Phi) is 2.44. The van der Waals surface area contributed by atoms with Crippen molar-refractivity contribution in [1.82, 2.24) is 19.5 Å². The van der Waals surface area contributed by atoms with E-state index in [-0.39, 0.29) is 6.04 Å². The van der Waals surface area contributed by atoms with Crippen molar-refractivity contribution in [2.24, 2.45) is 0 Å². The smallest absolute Gasteiger partial charge is 0.201 e. The maximum atomic E-state index is 5.99. The van der Waals surface area contributed by atoms with Gasteiger partial charge in [-0.1, -0.05) is 6.07 Å². The molecule has 0 amide bonds. The minimum absolute atomic E-state index is 0.0404. The van der Waals surface area contributed by atoms with E-state index < -0.39 is 0 Å². The second-order valence-electron chi connectivity index (χ2n) is 4.13. The van der Waals surface area contributed by atoms with Crippen LogP contribution in [0.15, 0.2) is 42.9 Å². The molecule has 0 aliphatic carbocycles. The van der Waals surface area contributed by atoms with E-state index in [0.717, 1.165) is 16.7 Å². The van der Waals surface area contributed by atoms with Gasteiger partial charge in [0.05, 0.1) is 23.4 Å². The molecule has 2 N–H and O–H groups in total. The highest BCUT2D eigenvalue weighted by atomic mass is 15.2. The molecule has 0 radical (unpaired) electrons. The zero-order valence-electron chi connectivity index (χ0n) is 9.99. The molecule has 18 heavy (non-hydrogen) atoms. The number of hydrogen-bond donors (Lipinski definition) is 1. The van der Waals surface area contributed by atoms with Crippen molar-refractivity contribution in [3.05, 3.63) is 48.5 Å². The summed E-state index contributed by atoms with van der Waals surface area (Å²) in [6, 6.07) is 7.80. The van der Waals surface area contributed by atoms with Gasteiger partial charge in [-0.2, -0.15) is 0 Å². The molecule has 0 aromatic carbocycles. The quantitative estimate of drug-likeness (QED) is 0.742. The lowest BCUT2D eigenvalue weighted by molar-refractivity contribution is 0.647. The number of pyridine rings is 2. The van der Waals surface area contributed by atoms with Gasteiger partial charge in [0.1, 0.15) is 5.52 Å². The first-order valence-corrected chi connectivity index (χ1v) is 5.75. The molecule has 3 rings (SSSR count). The standard InChI is InChI=1S/C13H13N5/c1-9(10-4-2-3-6-16-10)18-12-5-7-15-8-11(12)17-13(18)14/h2-9H,1H3,(H2,14,17). The van der Waals surface area contributed by atoms with Gasteiger partial charge in [0.2, 0.25) is 5.95 Å². The van der Waals surface area contributed by atoms with Gasteiger partial charge < -0.3 is 10.3 Å². The van der Waals surface area contributed by atoms with Crippen LogP contribution in [0.5, 0.6) is 0 Å². The third kappa shape index (κ3) is 1.60. The molecule has 1 atom stereocenters. The number of aromatic nitrogens is 4.